The molecule has 5 heteroatoms. The number of aromatic amines is 1. The number of H-pyrrole nitrogens is 1. The molecule has 1 aliphatic carbocycles. The Morgan fingerprint density at radius 2 is 2.35 bits per heavy atom. The summed E-state index contributed by atoms with van der Waals surface area (Å²) >= 11 is 0. The van der Waals surface area contributed by atoms with Crippen LogP contribution in [0.2, 0.25) is 0 Å². The second-order valence-electron chi connectivity index (χ2n) is 4.74. The fourth-order valence-electron chi connectivity index (χ4n) is 1.84. The van der Waals surface area contributed by atoms with Gasteiger partial charge in [0.2, 0.25) is 5.91 Å². The molecule has 5 nitrogen and oxygen atoms in total. The lowest BCUT2D eigenvalue weighted by Crippen LogP contribution is -2.24. The zero-order valence-electron chi connectivity index (χ0n) is 10.1. The van der Waals surface area contributed by atoms with Crippen molar-refractivity contribution in [3.05, 3.63) is 23.9 Å². The quantitative estimate of drug-likeness (QED) is 0.691. The van der Waals surface area contributed by atoms with Crippen molar-refractivity contribution >= 4 is 11.7 Å². The SMILES string of the molecule is CC(C)c1cc(NC(=O)C2C=CC(N)C2)n[nH]1. The van der Waals surface area contributed by atoms with Crippen LogP contribution in [0.5, 0.6) is 0 Å². The predicted molar refractivity (Wildman–Crippen MR) is 66.5 cm³/mol. The van der Waals surface area contributed by atoms with E-state index < -0.39 is 0 Å². The molecule has 1 heterocycles. The topological polar surface area (TPSA) is 83.8 Å². The lowest BCUT2D eigenvalue weighted by Gasteiger charge is -2.08. The van der Waals surface area contributed by atoms with Gasteiger partial charge in [0.15, 0.2) is 5.82 Å². The largest absolute Gasteiger partial charge is 0.324 e. The summed E-state index contributed by atoms with van der Waals surface area (Å²) < 4.78 is 0. The third kappa shape index (κ3) is 2.74. The first-order valence-electron chi connectivity index (χ1n) is 5.86. The summed E-state index contributed by atoms with van der Waals surface area (Å²) in [5, 5.41) is 9.75. The van der Waals surface area contributed by atoms with Gasteiger partial charge in [-0.15, -0.1) is 0 Å². The van der Waals surface area contributed by atoms with Crippen LogP contribution in [0.1, 0.15) is 31.9 Å². The normalized spacial score (nSPS) is 23.3. The average Bonchev–Trinajstić information content (AvgIpc) is 2.86. The molecule has 2 unspecified atom stereocenters. The number of rotatable bonds is 3. The molecule has 0 fully saturated rings. The number of hydrogen-bond donors (Lipinski definition) is 3. The van der Waals surface area contributed by atoms with Gasteiger partial charge in [-0.05, 0) is 12.3 Å². The van der Waals surface area contributed by atoms with E-state index in [2.05, 4.69) is 29.4 Å². The smallest absolute Gasteiger partial charge is 0.232 e. The van der Waals surface area contributed by atoms with Crippen molar-refractivity contribution in [1.29, 1.82) is 0 Å². The summed E-state index contributed by atoms with van der Waals surface area (Å²) in [5.74, 6) is 0.765. The number of nitrogens with two attached hydrogens (primary N) is 1. The van der Waals surface area contributed by atoms with Crippen LogP contribution in [0.3, 0.4) is 0 Å². The van der Waals surface area contributed by atoms with Crippen LogP contribution in [0.4, 0.5) is 5.82 Å². The molecular weight excluding hydrogens is 216 g/mol. The maximum absolute atomic E-state index is 11.9. The molecule has 4 N–H and O–H groups in total. The molecule has 2 rings (SSSR count). The van der Waals surface area contributed by atoms with E-state index in [0.717, 1.165) is 5.69 Å². The van der Waals surface area contributed by atoms with Gasteiger partial charge in [0.05, 0.1) is 5.92 Å². The molecule has 92 valence electrons. The van der Waals surface area contributed by atoms with Gasteiger partial charge in [-0.1, -0.05) is 26.0 Å². The summed E-state index contributed by atoms with van der Waals surface area (Å²) in [5.41, 5.74) is 6.72. The second-order valence-corrected chi connectivity index (χ2v) is 4.74. The van der Waals surface area contributed by atoms with E-state index in [1.54, 1.807) is 0 Å². The van der Waals surface area contributed by atoms with Crippen molar-refractivity contribution in [2.75, 3.05) is 5.32 Å². The first kappa shape index (κ1) is 11.9. The third-order valence-corrected chi connectivity index (χ3v) is 2.92. The molecule has 0 saturated heterocycles. The Balaban J connectivity index is 1.96. The molecule has 1 aromatic rings. The molecule has 0 saturated carbocycles. The number of nitrogens with zero attached hydrogens (tertiary/aromatic N) is 1. The minimum Gasteiger partial charge on any atom is -0.324 e. The highest BCUT2D eigenvalue weighted by Crippen LogP contribution is 2.19. The minimum atomic E-state index is -0.135. The Bertz CT molecular complexity index is 435. The van der Waals surface area contributed by atoms with E-state index in [-0.39, 0.29) is 17.9 Å². The number of amides is 1. The predicted octanol–water partition coefficient (Wildman–Crippen LogP) is 1.38. The average molecular weight is 234 g/mol. The van der Waals surface area contributed by atoms with Crippen molar-refractivity contribution in [3.8, 4) is 0 Å². The lowest BCUT2D eigenvalue weighted by atomic mass is 10.1. The van der Waals surface area contributed by atoms with E-state index in [1.807, 2.05) is 18.2 Å². The van der Waals surface area contributed by atoms with E-state index in [1.165, 1.54) is 0 Å². The number of nitrogens with one attached hydrogen (secondary N) is 2. The van der Waals surface area contributed by atoms with E-state index in [4.69, 9.17) is 5.73 Å². The zero-order chi connectivity index (χ0) is 12.4. The zero-order valence-corrected chi connectivity index (χ0v) is 10.1. The fraction of sp³-hybridized carbons (Fsp3) is 0.500. The Morgan fingerprint density at radius 3 is 2.88 bits per heavy atom. The van der Waals surface area contributed by atoms with Gasteiger partial charge < -0.3 is 11.1 Å². The van der Waals surface area contributed by atoms with E-state index in [9.17, 15) is 4.79 Å². The van der Waals surface area contributed by atoms with Crippen LogP contribution in [0.25, 0.3) is 0 Å². The Hall–Kier alpha value is -1.62. The van der Waals surface area contributed by atoms with Gasteiger partial charge in [0.25, 0.3) is 0 Å². The summed E-state index contributed by atoms with van der Waals surface area (Å²) in [6.45, 7) is 4.13. The number of carbonyl (C=O) groups excluding carboxylic acids is 1. The summed E-state index contributed by atoms with van der Waals surface area (Å²) in [4.78, 5) is 11.9. The van der Waals surface area contributed by atoms with Crippen molar-refractivity contribution in [2.45, 2.75) is 32.2 Å². The maximum Gasteiger partial charge on any atom is 0.232 e. The highest BCUT2D eigenvalue weighted by Gasteiger charge is 2.23. The monoisotopic (exact) mass is 234 g/mol. The molecule has 0 aromatic carbocycles. The van der Waals surface area contributed by atoms with E-state index in [0.29, 0.717) is 18.2 Å². The molecule has 1 amide bonds. The highest BCUT2D eigenvalue weighted by atomic mass is 16.1. The van der Waals surface area contributed by atoms with Crippen LogP contribution < -0.4 is 11.1 Å². The Labute approximate surface area is 100 Å². The number of hydrogen-bond acceptors (Lipinski definition) is 3. The molecule has 1 aliphatic rings. The van der Waals surface area contributed by atoms with Gasteiger partial charge in [0.1, 0.15) is 0 Å². The summed E-state index contributed by atoms with van der Waals surface area (Å²) in [7, 11) is 0. The Kier molecular flexibility index (Phi) is 3.28. The van der Waals surface area contributed by atoms with Crippen molar-refractivity contribution in [3.63, 3.8) is 0 Å². The van der Waals surface area contributed by atoms with Crippen molar-refractivity contribution in [2.24, 2.45) is 11.7 Å². The Morgan fingerprint density at radius 1 is 1.59 bits per heavy atom. The summed E-state index contributed by atoms with van der Waals surface area (Å²) in [6, 6.07) is 1.86. The van der Waals surface area contributed by atoms with E-state index >= 15 is 0 Å². The number of carbonyl (C=O) groups is 1. The van der Waals surface area contributed by atoms with Crippen LogP contribution >= 0.6 is 0 Å². The van der Waals surface area contributed by atoms with Crippen LogP contribution in [-0.2, 0) is 4.79 Å². The first-order valence-corrected chi connectivity index (χ1v) is 5.86. The van der Waals surface area contributed by atoms with Gasteiger partial charge in [-0.3, -0.25) is 9.89 Å². The molecule has 0 spiro atoms. The minimum absolute atomic E-state index is 0.00356. The molecule has 0 aliphatic heterocycles. The van der Waals surface area contributed by atoms with Crippen LogP contribution in [-0.4, -0.2) is 22.1 Å². The number of anilines is 1. The molecule has 1 aromatic heterocycles. The van der Waals surface area contributed by atoms with Crippen molar-refractivity contribution in [1.82, 2.24) is 10.2 Å². The second kappa shape index (κ2) is 4.71. The van der Waals surface area contributed by atoms with Gasteiger partial charge in [-0.25, -0.2) is 0 Å². The molecule has 0 radical (unpaired) electrons. The lowest BCUT2D eigenvalue weighted by molar-refractivity contribution is -0.118. The first-order chi connectivity index (χ1) is 8.06. The van der Waals surface area contributed by atoms with Gasteiger partial charge in [-0.2, -0.15) is 5.10 Å². The molecular formula is C12H18N4O. The van der Waals surface area contributed by atoms with Crippen LogP contribution in [0, 0.1) is 5.92 Å². The van der Waals surface area contributed by atoms with Crippen molar-refractivity contribution < 1.29 is 4.79 Å². The van der Waals surface area contributed by atoms with Gasteiger partial charge >= 0.3 is 0 Å². The third-order valence-electron chi connectivity index (χ3n) is 2.92. The maximum atomic E-state index is 11.9. The molecule has 17 heavy (non-hydrogen) atoms. The highest BCUT2D eigenvalue weighted by molar-refractivity contribution is 5.93. The van der Waals surface area contributed by atoms with Gasteiger partial charge in [0, 0.05) is 17.8 Å². The van der Waals surface area contributed by atoms with Crippen LogP contribution in [0.15, 0.2) is 18.2 Å². The molecule has 2 atom stereocenters. The number of aromatic nitrogens is 2. The molecule has 0 bridgehead atoms. The summed E-state index contributed by atoms with van der Waals surface area (Å²) in [6.07, 6.45) is 4.40. The fourth-order valence-corrected chi connectivity index (χ4v) is 1.84. The standard InChI is InChI=1S/C12H18N4O/c1-7(2)10-6-11(16-15-10)14-12(17)8-3-4-9(13)5-8/h3-4,6-9H,5,13H2,1-2H3,(H2,14,15,16,17).